The van der Waals surface area contributed by atoms with Gasteiger partial charge in [-0.15, -0.1) is 0 Å². The number of aromatic nitrogens is 2. The first kappa shape index (κ1) is 30.0. The molecule has 1 N–H and O–H groups in total. The van der Waals surface area contributed by atoms with Crippen molar-refractivity contribution in [3.05, 3.63) is 63.8 Å². The number of carbonyl (C=O) groups excluding carboxylic acids is 1. The second kappa shape index (κ2) is 12.4. The Kier molecular flexibility index (Phi) is 9.08. The van der Waals surface area contributed by atoms with Crippen LogP contribution in [0.1, 0.15) is 24.1 Å². The van der Waals surface area contributed by atoms with Crippen molar-refractivity contribution in [3.63, 3.8) is 0 Å². The van der Waals surface area contributed by atoms with Gasteiger partial charge in [-0.3, -0.25) is 9.48 Å². The van der Waals surface area contributed by atoms with E-state index >= 15 is 0 Å². The van der Waals surface area contributed by atoms with E-state index in [2.05, 4.69) is 4.90 Å². The van der Waals surface area contributed by atoms with Gasteiger partial charge in [0.1, 0.15) is 0 Å². The molecular weight excluding hydrogens is 587 g/mol. The molecule has 1 unspecified atom stereocenters. The van der Waals surface area contributed by atoms with Gasteiger partial charge in [-0.25, -0.2) is 8.42 Å². The van der Waals surface area contributed by atoms with Crippen LogP contribution in [0.4, 0.5) is 0 Å². The molecule has 9 nitrogen and oxygen atoms in total. The van der Waals surface area contributed by atoms with E-state index in [1.807, 2.05) is 35.0 Å². The lowest BCUT2D eigenvalue weighted by atomic mass is 9.97. The van der Waals surface area contributed by atoms with Crippen LogP contribution in [0.3, 0.4) is 0 Å². The zero-order valence-electron chi connectivity index (χ0n) is 23.1. The Morgan fingerprint density at radius 3 is 2.41 bits per heavy atom. The van der Waals surface area contributed by atoms with E-state index in [4.69, 9.17) is 33.0 Å². The fraction of sp³-hybridized carbons (Fsp3) is 0.448. The number of carbonyl (C=O) groups is 1. The smallest absolute Gasteiger partial charge is 0.308 e. The van der Waals surface area contributed by atoms with E-state index < -0.39 is 16.1 Å². The molecule has 0 radical (unpaired) electrons. The Hall–Kier alpha value is -2.47. The fourth-order valence-electron chi connectivity index (χ4n) is 5.73. The maximum Gasteiger partial charge on any atom is 0.308 e. The summed E-state index contributed by atoms with van der Waals surface area (Å²) in [7, 11) is -1.99. The first-order valence-electron chi connectivity index (χ1n) is 13.6. The number of hydrogen-bond acceptors (Lipinski definition) is 7. The summed E-state index contributed by atoms with van der Waals surface area (Å²) in [4.78, 5) is 14.0. The number of rotatable bonds is 8. The molecule has 1 aromatic heterocycles. The molecule has 1 saturated heterocycles. The molecule has 0 amide bonds. The molecule has 0 aliphatic carbocycles. The molecule has 3 heterocycles. The minimum Gasteiger partial charge on any atom is -0.469 e. The highest BCUT2D eigenvalue weighted by atomic mass is 35.5. The average molecular weight is 622 g/mol. The van der Waals surface area contributed by atoms with Gasteiger partial charge in [0.15, 0.2) is 0 Å². The summed E-state index contributed by atoms with van der Waals surface area (Å²) in [5.41, 5.74) is 4.95. The maximum absolute atomic E-state index is 12.4. The molecule has 12 heteroatoms. The first-order chi connectivity index (χ1) is 19.5. The average Bonchev–Trinajstić information content (AvgIpc) is 3.30. The van der Waals surface area contributed by atoms with Crippen LogP contribution >= 0.6 is 23.2 Å². The van der Waals surface area contributed by atoms with Crippen molar-refractivity contribution in [1.29, 1.82) is 0 Å². The van der Waals surface area contributed by atoms with Gasteiger partial charge in [-0.1, -0.05) is 41.4 Å². The number of ether oxygens (including phenoxy) is 1. The molecule has 1 atom stereocenters. The number of esters is 1. The van der Waals surface area contributed by atoms with Crippen molar-refractivity contribution < 1.29 is 23.1 Å². The van der Waals surface area contributed by atoms with Crippen LogP contribution in [-0.2, 0) is 39.1 Å². The van der Waals surface area contributed by atoms with Gasteiger partial charge >= 0.3 is 5.97 Å². The van der Waals surface area contributed by atoms with Crippen molar-refractivity contribution in [1.82, 2.24) is 19.0 Å². The third kappa shape index (κ3) is 6.79. The van der Waals surface area contributed by atoms with Crippen molar-refractivity contribution >= 4 is 39.2 Å². The predicted octanol–water partition coefficient (Wildman–Crippen LogP) is 4.09. The van der Waals surface area contributed by atoms with Gasteiger partial charge < -0.3 is 14.7 Å². The molecule has 5 rings (SSSR count). The van der Waals surface area contributed by atoms with Crippen LogP contribution in [0.15, 0.2) is 42.5 Å². The topological polar surface area (TPSA) is 105 Å². The van der Waals surface area contributed by atoms with Gasteiger partial charge in [0, 0.05) is 58.5 Å². The second-order valence-electron chi connectivity index (χ2n) is 10.8. The van der Waals surface area contributed by atoms with E-state index in [1.54, 1.807) is 12.1 Å². The summed E-state index contributed by atoms with van der Waals surface area (Å²) in [6.07, 6.45) is 2.42. The number of halogens is 2. The summed E-state index contributed by atoms with van der Waals surface area (Å²) in [6.45, 7) is 2.71. The molecule has 2 aliphatic rings. The van der Waals surface area contributed by atoms with Crippen molar-refractivity contribution in [2.45, 2.75) is 38.5 Å². The monoisotopic (exact) mass is 620 g/mol. The van der Waals surface area contributed by atoms with Gasteiger partial charge in [-0.2, -0.15) is 9.40 Å². The van der Waals surface area contributed by atoms with Crippen LogP contribution in [-0.4, -0.2) is 84.1 Å². The van der Waals surface area contributed by atoms with Gasteiger partial charge in [0.05, 0.1) is 37.6 Å². The van der Waals surface area contributed by atoms with E-state index in [1.165, 1.54) is 17.7 Å². The summed E-state index contributed by atoms with van der Waals surface area (Å²) in [5, 5.41) is 17.2. The Labute approximate surface area is 250 Å². The summed E-state index contributed by atoms with van der Waals surface area (Å²) in [6, 6.07) is 13.1. The predicted molar refractivity (Wildman–Crippen MR) is 159 cm³/mol. The molecule has 41 heavy (non-hydrogen) atoms. The van der Waals surface area contributed by atoms with E-state index in [0.29, 0.717) is 61.2 Å². The highest BCUT2D eigenvalue weighted by Gasteiger charge is 2.31. The third-order valence-corrected chi connectivity index (χ3v) is 9.77. The number of hydrogen-bond donors (Lipinski definition) is 1. The number of sulfonamides is 1. The molecule has 220 valence electrons. The largest absolute Gasteiger partial charge is 0.469 e. The lowest BCUT2D eigenvalue weighted by molar-refractivity contribution is -0.147. The van der Waals surface area contributed by atoms with Crippen LogP contribution in [0.2, 0.25) is 10.0 Å². The standard InChI is InChI=1S/C29H34Cl2N4O5S/c1-40-29(37)20-9-12-33(13-10-20)16-23(36)17-35-27-11-14-34(41(2,38)39)18-25(27)28(32-35)21-5-8-26(31)24(15-21)19-3-6-22(30)7-4-19/h3-8,15,20,23,36H,9-14,16-18H2,1-2H3. The zero-order valence-corrected chi connectivity index (χ0v) is 25.4. The molecule has 2 aromatic carbocycles. The number of nitrogens with zero attached hydrogens (tertiary/aromatic N) is 4. The normalized spacial score (nSPS) is 17.8. The highest BCUT2D eigenvalue weighted by Crippen LogP contribution is 2.36. The number of piperidine rings is 1. The van der Waals surface area contributed by atoms with Gasteiger partial charge in [0.25, 0.3) is 0 Å². The Morgan fingerprint density at radius 1 is 1.07 bits per heavy atom. The molecule has 3 aromatic rings. The minimum atomic E-state index is -3.40. The van der Waals surface area contributed by atoms with Crippen LogP contribution in [0, 0.1) is 5.92 Å². The highest BCUT2D eigenvalue weighted by molar-refractivity contribution is 7.88. The molecule has 0 spiro atoms. The van der Waals surface area contributed by atoms with E-state index in [-0.39, 0.29) is 25.0 Å². The van der Waals surface area contributed by atoms with Crippen LogP contribution < -0.4 is 0 Å². The van der Waals surface area contributed by atoms with Gasteiger partial charge in [0.2, 0.25) is 10.0 Å². The van der Waals surface area contributed by atoms with Crippen LogP contribution in [0.5, 0.6) is 0 Å². The SMILES string of the molecule is COC(=O)C1CCN(CC(O)Cn2nc(-c3ccc(Cl)c(-c4ccc(Cl)cc4)c3)c3c2CCN(S(C)(=O)=O)C3)CC1. The van der Waals surface area contributed by atoms with E-state index in [9.17, 15) is 18.3 Å². The molecule has 1 fully saturated rings. The molecule has 2 aliphatic heterocycles. The van der Waals surface area contributed by atoms with Crippen molar-refractivity contribution in [2.75, 3.05) is 39.5 Å². The fourth-order valence-corrected chi connectivity index (χ4v) is 6.87. The summed E-state index contributed by atoms with van der Waals surface area (Å²) < 4.78 is 33.0. The summed E-state index contributed by atoms with van der Waals surface area (Å²) in [5.74, 6) is -0.269. The molecular formula is C29H34Cl2N4O5S. The number of β-amino-alcohol motifs (C(OH)–C–C–N with tert-alkyl or cyclic N) is 1. The van der Waals surface area contributed by atoms with Crippen molar-refractivity contribution in [2.24, 2.45) is 5.92 Å². The van der Waals surface area contributed by atoms with Crippen LogP contribution in [0.25, 0.3) is 22.4 Å². The van der Waals surface area contributed by atoms with Gasteiger partial charge in [-0.05, 0) is 55.8 Å². The number of aliphatic hydroxyl groups is 1. The lowest BCUT2D eigenvalue weighted by Crippen LogP contribution is -2.42. The van der Waals surface area contributed by atoms with Crippen molar-refractivity contribution in [3.8, 4) is 22.4 Å². The number of likely N-dealkylation sites (tertiary alicyclic amines) is 1. The Bertz CT molecular complexity index is 1520. The Balaban J connectivity index is 1.42. The number of aliphatic hydroxyl groups excluding tert-OH is 1. The lowest BCUT2D eigenvalue weighted by Gasteiger charge is -2.32. The maximum atomic E-state index is 12.4. The number of methoxy groups -OCH3 is 1. The quantitative estimate of drug-likeness (QED) is 0.378. The Morgan fingerprint density at radius 2 is 1.76 bits per heavy atom. The molecule has 0 saturated carbocycles. The second-order valence-corrected chi connectivity index (χ2v) is 13.6. The molecule has 0 bridgehead atoms. The number of benzene rings is 2. The minimum absolute atomic E-state index is 0.0935. The number of fused-ring (bicyclic) bond motifs is 1. The third-order valence-electron chi connectivity index (χ3n) is 7.94. The summed E-state index contributed by atoms with van der Waals surface area (Å²) >= 11 is 12.7. The zero-order chi connectivity index (χ0) is 29.3. The first-order valence-corrected chi connectivity index (χ1v) is 16.2. The van der Waals surface area contributed by atoms with E-state index in [0.717, 1.165) is 27.9 Å².